The fourth-order valence-corrected chi connectivity index (χ4v) is 3.70. The number of carbonyl (C=O) groups excluding carboxylic acids is 1. The van der Waals surface area contributed by atoms with Crippen molar-refractivity contribution in [1.29, 1.82) is 0 Å². The number of hydrogen-bond acceptors (Lipinski definition) is 5. The average Bonchev–Trinajstić information content (AvgIpc) is 2.73. The standard InChI is InChI=1S/C23H16O4S/c24-22-19-14-8-7-13-18(19)20(15-21(22)28-17-11-5-2-6-12-17)27-23(25)26-16-9-3-1-4-10-16/h1-15,24H. The fourth-order valence-electron chi connectivity index (χ4n) is 2.78. The van der Waals surface area contributed by atoms with Crippen molar-refractivity contribution in [2.24, 2.45) is 0 Å². The fraction of sp³-hybridized carbons (Fsp3) is 0. The van der Waals surface area contributed by atoms with E-state index in [2.05, 4.69) is 0 Å². The number of phenols is 1. The summed E-state index contributed by atoms with van der Waals surface area (Å²) in [7, 11) is 0. The monoisotopic (exact) mass is 388 g/mol. The zero-order valence-electron chi connectivity index (χ0n) is 14.7. The van der Waals surface area contributed by atoms with Crippen molar-refractivity contribution in [1.82, 2.24) is 0 Å². The summed E-state index contributed by atoms with van der Waals surface area (Å²) in [6, 6.07) is 27.3. The highest BCUT2D eigenvalue weighted by Crippen LogP contribution is 2.43. The molecule has 1 N–H and O–H groups in total. The van der Waals surface area contributed by atoms with Crippen molar-refractivity contribution >= 4 is 28.7 Å². The summed E-state index contributed by atoms with van der Waals surface area (Å²) in [5.74, 6) is 0.871. The van der Waals surface area contributed by atoms with Gasteiger partial charge >= 0.3 is 6.16 Å². The van der Waals surface area contributed by atoms with Crippen LogP contribution < -0.4 is 9.47 Å². The second kappa shape index (κ2) is 8.06. The van der Waals surface area contributed by atoms with Gasteiger partial charge in [-0.25, -0.2) is 4.79 Å². The van der Waals surface area contributed by atoms with Crippen LogP contribution in [0.3, 0.4) is 0 Å². The van der Waals surface area contributed by atoms with E-state index < -0.39 is 6.16 Å². The molecule has 0 radical (unpaired) electrons. The van der Waals surface area contributed by atoms with Gasteiger partial charge in [0.1, 0.15) is 17.2 Å². The second-order valence-corrected chi connectivity index (χ2v) is 7.06. The third-order valence-corrected chi connectivity index (χ3v) is 5.09. The predicted octanol–water partition coefficient (Wildman–Crippen LogP) is 6.27. The van der Waals surface area contributed by atoms with Crippen LogP contribution in [-0.4, -0.2) is 11.3 Å². The number of para-hydroxylation sites is 1. The highest BCUT2D eigenvalue weighted by Gasteiger charge is 2.17. The maximum atomic E-state index is 12.3. The van der Waals surface area contributed by atoms with Crippen LogP contribution in [0.1, 0.15) is 0 Å². The highest BCUT2D eigenvalue weighted by molar-refractivity contribution is 7.99. The van der Waals surface area contributed by atoms with E-state index in [1.165, 1.54) is 11.8 Å². The lowest BCUT2D eigenvalue weighted by Gasteiger charge is -2.13. The van der Waals surface area contributed by atoms with E-state index in [9.17, 15) is 9.90 Å². The Kier molecular flexibility index (Phi) is 5.17. The number of benzene rings is 4. The summed E-state index contributed by atoms with van der Waals surface area (Å²) in [5.41, 5.74) is 0. The molecule has 0 heterocycles. The van der Waals surface area contributed by atoms with Gasteiger partial charge in [0, 0.05) is 15.7 Å². The van der Waals surface area contributed by atoms with Gasteiger partial charge in [-0.1, -0.05) is 72.4 Å². The summed E-state index contributed by atoms with van der Waals surface area (Å²) < 4.78 is 10.7. The molecule has 0 saturated carbocycles. The van der Waals surface area contributed by atoms with Crippen LogP contribution >= 0.6 is 11.8 Å². The summed E-state index contributed by atoms with van der Waals surface area (Å²) in [4.78, 5) is 13.8. The molecule has 4 aromatic rings. The van der Waals surface area contributed by atoms with Crippen molar-refractivity contribution in [3.05, 3.63) is 91.0 Å². The molecule has 0 bridgehead atoms. The molecule has 0 aromatic heterocycles. The molecule has 0 spiro atoms. The molecule has 0 amide bonds. The van der Waals surface area contributed by atoms with Gasteiger partial charge in [-0.3, -0.25) is 0 Å². The molecule has 5 heteroatoms. The number of carbonyl (C=O) groups is 1. The maximum absolute atomic E-state index is 12.3. The normalized spacial score (nSPS) is 10.6. The first-order chi connectivity index (χ1) is 13.7. The van der Waals surface area contributed by atoms with Gasteiger partial charge in [0.25, 0.3) is 0 Å². The Morgan fingerprint density at radius 3 is 2.07 bits per heavy atom. The predicted molar refractivity (Wildman–Crippen MR) is 109 cm³/mol. The Hall–Kier alpha value is -3.44. The van der Waals surface area contributed by atoms with Crippen LogP contribution in [-0.2, 0) is 0 Å². The lowest BCUT2D eigenvalue weighted by Crippen LogP contribution is -2.14. The number of phenolic OH excluding ortho intramolecular Hbond substituents is 1. The topological polar surface area (TPSA) is 55.8 Å². The van der Waals surface area contributed by atoms with Crippen LogP contribution in [0.2, 0.25) is 0 Å². The van der Waals surface area contributed by atoms with E-state index in [0.29, 0.717) is 27.2 Å². The molecular formula is C23H16O4S. The van der Waals surface area contributed by atoms with Crippen molar-refractivity contribution in [3.8, 4) is 17.2 Å². The van der Waals surface area contributed by atoms with Crippen LogP contribution in [0.5, 0.6) is 17.2 Å². The van der Waals surface area contributed by atoms with Gasteiger partial charge in [-0.2, -0.15) is 0 Å². The van der Waals surface area contributed by atoms with E-state index >= 15 is 0 Å². The molecule has 4 nitrogen and oxygen atoms in total. The third kappa shape index (κ3) is 3.94. The van der Waals surface area contributed by atoms with Gasteiger partial charge in [0.05, 0.1) is 4.90 Å². The number of fused-ring (bicyclic) bond motifs is 1. The van der Waals surface area contributed by atoms with E-state index in [1.54, 1.807) is 42.5 Å². The molecule has 28 heavy (non-hydrogen) atoms. The Balaban J connectivity index is 1.68. The van der Waals surface area contributed by atoms with E-state index in [1.807, 2.05) is 48.5 Å². The van der Waals surface area contributed by atoms with E-state index in [0.717, 1.165) is 4.90 Å². The molecule has 4 rings (SSSR count). The van der Waals surface area contributed by atoms with Gasteiger partial charge in [0.2, 0.25) is 0 Å². The Morgan fingerprint density at radius 2 is 1.36 bits per heavy atom. The molecule has 0 unspecified atom stereocenters. The smallest absolute Gasteiger partial charge is 0.506 e. The van der Waals surface area contributed by atoms with Crippen molar-refractivity contribution < 1.29 is 19.4 Å². The van der Waals surface area contributed by atoms with Gasteiger partial charge in [0.15, 0.2) is 0 Å². The maximum Gasteiger partial charge on any atom is 0.519 e. The minimum Gasteiger partial charge on any atom is -0.506 e. The van der Waals surface area contributed by atoms with E-state index in [4.69, 9.17) is 9.47 Å². The third-order valence-electron chi connectivity index (χ3n) is 4.05. The SMILES string of the molecule is O=C(Oc1ccccc1)Oc1cc(Sc2ccccc2)c(O)c2ccccc12. The lowest BCUT2D eigenvalue weighted by atomic mass is 10.1. The average molecular weight is 388 g/mol. The van der Waals surface area contributed by atoms with Gasteiger partial charge in [-0.15, -0.1) is 0 Å². The molecule has 138 valence electrons. The van der Waals surface area contributed by atoms with Crippen LogP contribution in [0.4, 0.5) is 4.79 Å². The molecule has 0 aliphatic carbocycles. The van der Waals surface area contributed by atoms with Crippen molar-refractivity contribution in [2.45, 2.75) is 9.79 Å². The first-order valence-corrected chi connectivity index (χ1v) is 9.45. The molecule has 0 atom stereocenters. The first-order valence-electron chi connectivity index (χ1n) is 8.63. The highest BCUT2D eigenvalue weighted by atomic mass is 32.2. The molecule has 4 aromatic carbocycles. The minimum absolute atomic E-state index is 0.147. The summed E-state index contributed by atoms with van der Waals surface area (Å²) in [6.07, 6.45) is -0.835. The summed E-state index contributed by atoms with van der Waals surface area (Å²) >= 11 is 1.39. The quantitative estimate of drug-likeness (QED) is 0.330. The Labute approximate surface area is 166 Å². The minimum atomic E-state index is -0.835. The van der Waals surface area contributed by atoms with Crippen LogP contribution in [0.15, 0.2) is 101 Å². The summed E-state index contributed by atoms with van der Waals surface area (Å²) in [6.45, 7) is 0. The number of aromatic hydroxyl groups is 1. The van der Waals surface area contributed by atoms with Crippen molar-refractivity contribution in [2.75, 3.05) is 0 Å². The molecular weight excluding hydrogens is 372 g/mol. The first kappa shape index (κ1) is 17.9. The van der Waals surface area contributed by atoms with Crippen LogP contribution in [0, 0.1) is 0 Å². The molecule has 0 aliphatic heterocycles. The lowest BCUT2D eigenvalue weighted by molar-refractivity contribution is 0.152. The second-order valence-electron chi connectivity index (χ2n) is 5.95. The largest absolute Gasteiger partial charge is 0.519 e. The van der Waals surface area contributed by atoms with Gasteiger partial charge < -0.3 is 14.6 Å². The molecule has 0 fully saturated rings. The zero-order chi connectivity index (χ0) is 19.3. The number of rotatable bonds is 4. The molecule has 0 saturated heterocycles. The zero-order valence-corrected chi connectivity index (χ0v) is 15.6. The number of hydrogen-bond donors (Lipinski definition) is 1. The van der Waals surface area contributed by atoms with Gasteiger partial charge in [-0.05, 0) is 30.3 Å². The van der Waals surface area contributed by atoms with Crippen LogP contribution in [0.25, 0.3) is 10.8 Å². The summed E-state index contributed by atoms with van der Waals surface area (Å²) in [5, 5.41) is 11.9. The Bertz CT molecular complexity index is 1110. The van der Waals surface area contributed by atoms with Crippen molar-refractivity contribution in [3.63, 3.8) is 0 Å². The molecule has 0 aliphatic rings. The number of ether oxygens (including phenoxy) is 2. The van der Waals surface area contributed by atoms with E-state index in [-0.39, 0.29) is 5.75 Å². The Morgan fingerprint density at radius 1 is 0.750 bits per heavy atom.